The van der Waals surface area contributed by atoms with Crippen LogP contribution in [-0.4, -0.2) is 12.8 Å². The number of rotatable bonds is 2. The molecule has 2 rings (SSSR count). The topological polar surface area (TPSA) is 59.1 Å². The molecule has 1 atom stereocenters. The maximum atomic E-state index is 6.97. The van der Waals surface area contributed by atoms with Gasteiger partial charge in [-0.25, -0.2) is 0 Å². The standard InChI is InChI=1S/C10H12N2OS/c11-4-1-8(12)9-10-7(2-5-13-9)3-6-14-10/h1,3-4,6,9,11H,2,5,12H2/b8-1-,11-4?. The van der Waals surface area contributed by atoms with Gasteiger partial charge in [0.25, 0.3) is 0 Å². The normalized spacial score (nSPS) is 21.7. The zero-order valence-electron chi connectivity index (χ0n) is 7.69. The van der Waals surface area contributed by atoms with Crippen molar-refractivity contribution in [2.75, 3.05) is 6.61 Å². The highest BCUT2D eigenvalue weighted by molar-refractivity contribution is 7.10. The highest BCUT2D eigenvalue weighted by Crippen LogP contribution is 2.34. The molecule has 0 fully saturated rings. The fourth-order valence-corrected chi connectivity index (χ4v) is 2.61. The molecule has 3 nitrogen and oxygen atoms in total. The van der Waals surface area contributed by atoms with Gasteiger partial charge in [0.2, 0.25) is 0 Å². The van der Waals surface area contributed by atoms with Crippen LogP contribution in [0.15, 0.2) is 23.2 Å². The Hall–Kier alpha value is -1.13. The number of thiophene rings is 1. The second-order valence-corrected chi connectivity index (χ2v) is 4.09. The summed E-state index contributed by atoms with van der Waals surface area (Å²) in [5.74, 6) is 0. The number of nitrogens with one attached hydrogen (secondary N) is 1. The molecule has 0 aliphatic carbocycles. The van der Waals surface area contributed by atoms with Crippen molar-refractivity contribution in [3.8, 4) is 0 Å². The minimum Gasteiger partial charge on any atom is -0.400 e. The number of ether oxygens (including phenoxy) is 1. The molecule has 1 aromatic rings. The van der Waals surface area contributed by atoms with Crippen molar-refractivity contribution in [1.29, 1.82) is 5.41 Å². The van der Waals surface area contributed by atoms with Crippen LogP contribution in [-0.2, 0) is 11.2 Å². The summed E-state index contributed by atoms with van der Waals surface area (Å²) in [6.07, 6.45) is 3.60. The molecule has 0 saturated carbocycles. The minimum atomic E-state index is -0.139. The summed E-state index contributed by atoms with van der Waals surface area (Å²) in [4.78, 5) is 1.19. The van der Waals surface area contributed by atoms with Gasteiger partial charge in [-0.15, -0.1) is 11.3 Å². The molecule has 2 heterocycles. The van der Waals surface area contributed by atoms with Crippen LogP contribution in [0, 0.1) is 5.41 Å². The van der Waals surface area contributed by atoms with E-state index in [9.17, 15) is 0 Å². The molecule has 0 bridgehead atoms. The Kier molecular flexibility index (Phi) is 2.65. The molecule has 0 spiro atoms. The Morgan fingerprint density at radius 1 is 1.71 bits per heavy atom. The lowest BCUT2D eigenvalue weighted by Gasteiger charge is -2.23. The molecule has 0 radical (unpaired) electrons. The molecule has 1 aliphatic rings. The molecule has 0 saturated heterocycles. The summed E-state index contributed by atoms with van der Waals surface area (Å²) in [7, 11) is 0. The zero-order valence-corrected chi connectivity index (χ0v) is 8.51. The van der Waals surface area contributed by atoms with E-state index in [1.54, 1.807) is 17.4 Å². The van der Waals surface area contributed by atoms with Crippen molar-refractivity contribution in [3.63, 3.8) is 0 Å². The molecule has 1 aromatic heterocycles. The van der Waals surface area contributed by atoms with Crippen LogP contribution in [0.2, 0.25) is 0 Å². The predicted octanol–water partition coefficient (Wildman–Crippen LogP) is 1.85. The van der Waals surface area contributed by atoms with Crippen LogP contribution in [0.4, 0.5) is 0 Å². The fraction of sp³-hybridized carbons (Fsp3) is 0.300. The van der Waals surface area contributed by atoms with Gasteiger partial charge >= 0.3 is 0 Å². The third-order valence-corrected chi connectivity index (χ3v) is 3.26. The van der Waals surface area contributed by atoms with E-state index in [2.05, 4.69) is 11.4 Å². The van der Waals surface area contributed by atoms with Crippen molar-refractivity contribution in [2.24, 2.45) is 5.73 Å². The molecule has 74 valence electrons. The largest absolute Gasteiger partial charge is 0.400 e. The van der Waals surface area contributed by atoms with Gasteiger partial charge in [0.1, 0.15) is 6.10 Å². The lowest BCUT2D eigenvalue weighted by atomic mass is 10.1. The highest BCUT2D eigenvalue weighted by atomic mass is 32.1. The van der Waals surface area contributed by atoms with E-state index in [0.29, 0.717) is 12.3 Å². The zero-order chi connectivity index (χ0) is 9.97. The second-order valence-electron chi connectivity index (χ2n) is 3.14. The lowest BCUT2D eigenvalue weighted by molar-refractivity contribution is 0.0692. The van der Waals surface area contributed by atoms with E-state index in [-0.39, 0.29) is 6.10 Å². The third-order valence-electron chi connectivity index (χ3n) is 2.25. The smallest absolute Gasteiger partial charge is 0.131 e. The van der Waals surface area contributed by atoms with Crippen LogP contribution in [0.1, 0.15) is 16.5 Å². The van der Waals surface area contributed by atoms with E-state index >= 15 is 0 Å². The summed E-state index contributed by atoms with van der Waals surface area (Å²) in [6.45, 7) is 0.709. The van der Waals surface area contributed by atoms with Gasteiger partial charge in [0, 0.05) is 16.8 Å². The molecule has 0 amide bonds. The van der Waals surface area contributed by atoms with Crippen molar-refractivity contribution in [2.45, 2.75) is 12.5 Å². The summed E-state index contributed by atoms with van der Waals surface area (Å²) in [5.41, 5.74) is 7.77. The van der Waals surface area contributed by atoms with Crippen molar-refractivity contribution in [1.82, 2.24) is 0 Å². The highest BCUT2D eigenvalue weighted by Gasteiger charge is 2.23. The Morgan fingerprint density at radius 3 is 3.36 bits per heavy atom. The van der Waals surface area contributed by atoms with Gasteiger partial charge in [0.05, 0.1) is 6.61 Å². The van der Waals surface area contributed by atoms with Crippen LogP contribution >= 0.6 is 11.3 Å². The quantitative estimate of drug-likeness (QED) is 0.729. The van der Waals surface area contributed by atoms with Gasteiger partial charge in [0.15, 0.2) is 0 Å². The summed E-state index contributed by atoms with van der Waals surface area (Å²) < 4.78 is 5.59. The maximum Gasteiger partial charge on any atom is 0.131 e. The average molecular weight is 208 g/mol. The molecule has 14 heavy (non-hydrogen) atoms. The number of fused-ring (bicyclic) bond motifs is 1. The van der Waals surface area contributed by atoms with E-state index in [0.717, 1.165) is 6.42 Å². The van der Waals surface area contributed by atoms with Gasteiger partial charge in [-0.2, -0.15) is 0 Å². The first-order chi connectivity index (χ1) is 6.83. The van der Waals surface area contributed by atoms with Gasteiger partial charge in [-0.1, -0.05) is 0 Å². The number of hydrogen-bond donors (Lipinski definition) is 2. The third kappa shape index (κ3) is 1.58. The van der Waals surface area contributed by atoms with Crippen molar-refractivity contribution >= 4 is 17.6 Å². The predicted molar refractivity (Wildman–Crippen MR) is 57.8 cm³/mol. The van der Waals surface area contributed by atoms with E-state index < -0.39 is 0 Å². The molecule has 0 aromatic carbocycles. The van der Waals surface area contributed by atoms with Crippen LogP contribution in [0.5, 0.6) is 0 Å². The first kappa shape index (κ1) is 9.43. The van der Waals surface area contributed by atoms with Crippen LogP contribution in [0.3, 0.4) is 0 Å². The number of nitrogens with two attached hydrogens (primary N) is 1. The summed E-state index contributed by atoms with van der Waals surface area (Å²) in [6, 6.07) is 2.12. The second kappa shape index (κ2) is 3.94. The first-order valence-corrected chi connectivity index (χ1v) is 5.35. The first-order valence-electron chi connectivity index (χ1n) is 4.47. The van der Waals surface area contributed by atoms with E-state index in [4.69, 9.17) is 15.9 Å². The fourth-order valence-electron chi connectivity index (χ4n) is 1.58. The van der Waals surface area contributed by atoms with Gasteiger partial charge < -0.3 is 15.9 Å². The van der Waals surface area contributed by atoms with Crippen LogP contribution < -0.4 is 5.73 Å². The van der Waals surface area contributed by atoms with Crippen molar-refractivity contribution in [3.05, 3.63) is 33.7 Å². The summed E-state index contributed by atoms with van der Waals surface area (Å²) >= 11 is 1.67. The average Bonchev–Trinajstić information content (AvgIpc) is 2.65. The molecule has 1 aliphatic heterocycles. The van der Waals surface area contributed by atoms with E-state index in [1.807, 2.05) is 0 Å². The van der Waals surface area contributed by atoms with E-state index in [1.165, 1.54) is 16.7 Å². The lowest BCUT2D eigenvalue weighted by Crippen LogP contribution is -2.19. The van der Waals surface area contributed by atoms with Gasteiger partial charge in [-0.05, 0) is 29.5 Å². The Balaban J connectivity index is 2.32. The van der Waals surface area contributed by atoms with Crippen LogP contribution in [0.25, 0.3) is 0 Å². The number of hydrogen-bond acceptors (Lipinski definition) is 4. The molecular formula is C10H12N2OS. The van der Waals surface area contributed by atoms with Crippen molar-refractivity contribution < 1.29 is 4.74 Å². The number of allylic oxidation sites excluding steroid dienone is 1. The molecule has 4 heteroatoms. The van der Waals surface area contributed by atoms with Gasteiger partial charge in [-0.3, -0.25) is 0 Å². The molecule has 3 N–H and O–H groups in total. The molecule has 1 unspecified atom stereocenters. The monoisotopic (exact) mass is 208 g/mol. The molecular weight excluding hydrogens is 196 g/mol. The Morgan fingerprint density at radius 2 is 2.57 bits per heavy atom. The SMILES string of the molecule is N=C/C=C(\N)C1OCCc2ccsc21. The maximum absolute atomic E-state index is 6.97. The summed E-state index contributed by atoms with van der Waals surface area (Å²) in [5, 5.41) is 9.02. The Bertz CT molecular complexity index is 370. The Labute approximate surface area is 86.7 Å². The minimum absolute atomic E-state index is 0.139.